The summed E-state index contributed by atoms with van der Waals surface area (Å²) in [6.45, 7) is 8.19. The van der Waals surface area contributed by atoms with E-state index in [1.54, 1.807) is 17.4 Å². The second kappa shape index (κ2) is 8.12. The normalized spacial score (nSPS) is 15.8. The maximum Gasteiger partial charge on any atom is 0.256 e. The summed E-state index contributed by atoms with van der Waals surface area (Å²) in [5.41, 5.74) is 3.00. The minimum atomic E-state index is -0.129. The van der Waals surface area contributed by atoms with Gasteiger partial charge in [-0.15, -0.1) is 11.3 Å². The number of ketones is 1. The van der Waals surface area contributed by atoms with Gasteiger partial charge in [-0.1, -0.05) is 12.1 Å². The van der Waals surface area contributed by atoms with E-state index in [-0.39, 0.29) is 11.7 Å². The molecule has 0 radical (unpaired) electrons. The molecule has 3 rings (SSSR count). The molecule has 1 aliphatic heterocycles. The Balaban J connectivity index is 1.65. The van der Waals surface area contributed by atoms with Crippen molar-refractivity contribution in [3.8, 4) is 0 Å². The van der Waals surface area contributed by atoms with E-state index in [1.165, 1.54) is 0 Å². The van der Waals surface area contributed by atoms with Crippen LogP contribution in [0.3, 0.4) is 0 Å². The van der Waals surface area contributed by atoms with Crippen molar-refractivity contribution in [1.29, 1.82) is 0 Å². The second-order valence-corrected chi connectivity index (χ2v) is 7.95. The van der Waals surface area contributed by atoms with Gasteiger partial charge in [-0.3, -0.25) is 14.5 Å². The fraction of sp³-hybridized carbons (Fsp3) is 0.400. The Kier molecular flexibility index (Phi) is 5.86. The highest BCUT2D eigenvalue weighted by Gasteiger charge is 2.18. The zero-order valence-electron chi connectivity index (χ0n) is 15.5. The molecule has 2 heterocycles. The SMILES string of the molecule is Cc1scc(C(=O)Nc2cccc(C(=O)CN3CCN(C)CC3)c2)c1C. The molecule has 5 nitrogen and oxygen atoms in total. The molecule has 2 aromatic rings. The van der Waals surface area contributed by atoms with Crippen LogP contribution < -0.4 is 5.32 Å². The van der Waals surface area contributed by atoms with E-state index in [0.29, 0.717) is 23.4 Å². The lowest BCUT2D eigenvalue weighted by atomic mass is 10.1. The van der Waals surface area contributed by atoms with Crippen LogP contribution in [0.15, 0.2) is 29.6 Å². The number of Topliss-reactive ketones (excluding diaryl/α,β-unsaturated/α-hetero) is 1. The Morgan fingerprint density at radius 3 is 2.54 bits per heavy atom. The topological polar surface area (TPSA) is 52.7 Å². The number of nitrogens with one attached hydrogen (secondary N) is 1. The van der Waals surface area contributed by atoms with Gasteiger partial charge in [-0.25, -0.2) is 0 Å². The largest absolute Gasteiger partial charge is 0.322 e. The van der Waals surface area contributed by atoms with Crippen molar-refractivity contribution < 1.29 is 9.59 Å². The lowest BCUT2D eigenvalue weighted by Gasteiger charge is -2.31. The Hall–Kier alpha value is -2.02. The molecule has 1 fully saturated rings. The predicted molar refractivity (Wildman–Crippen MR) is 106 cm³/mol. The Bertz CT molecular complexity index is 807. The second-order valence-electron chi connectivity index (χ2n) is 6.87. The Morgan fingerprint density at radius 2 is 1.88 bits per heavy atom. The molecule has 0 atom stereocenters. The molecule has 0 aliphatic carbocycles. The lowest BCUT2D eigenvalue weighted by molar-refractivity contribution is 0.0876. The predicted octanol–water partition coefficient (Wildman–Crippen LogP) is 3.05. The van der Waals surface area contributed by atoms with Crippen LogP contribution in [0.5, 0.6) is 0 Å². The monoisotopic (exact) mass is 371 g/mol. The molecule has 1 N–H and O–H groups in total. The van der Waals surface area contributed by atoms with Gasteiger partial charge in [0.05, 0.1) is 12.1 Å². The van der Waals surface area contributed by atoms with Crippen LogP contribution >= 0.6 is 11.3 Å². The highest BCUT2D eigenvalue weighted by Crippen LogP contribution is 2.22. The van der Waals surface area contributed by atoms with Crippen molar-refractivity contribution in [3.05, 3.63) is 51.2 Å². The average Bonchev–Trinajstić information content (AvgIpc) is 2.96. The first-order valence-electron chi connectivity index (χ1n) is 8.84. The van der Waals surface area contributed by atoms with Crippen LogP contribution in [0, 0.1) is 13.8 Å². The van der Waals surface area contributed by atoms with Gasteiger partial charge < -0.3 is 10.2 Å². The number of thiophene rings is 1. The quantitative estimate of drug-likeness (QED) is 0.821. The van der Waals surface area contributed by atoms with Crippen LogP contribution in [-0.4, -0.2) is 61.3 Å². The minimum absolute atomic E-state index is 0.0909. The number of hydrogen-bond donors (Lipinski definition) is 1. The first-order chi connectivity index (χ1) is 12.4. The molecule has 138 valence electrons. The zero-order chi connectivity index (χ0) is 18.7. The molecule has 0 spiro atoms. The van der Waals surface area contributed by atoms with Crippen LogP contribution in [-0.2, 0) is 0 Å². The van der Waals surface area contributed by atoms with Crippen LogP contribution in [0.2, 0.25) is 0 Å². The Labute approximate surface area is 158 Å². The number of likely N-dealkylation sites (N-methyl/N-ethyl adjacent to an activating group) is 1. The highest BCUT2D eigenvalue weighted by atomic mass is 32.1. The molecule has 0 saturated carbocycles. The number of nitrogens with zero attached hydrogens (tertiary/aromatic N) is 2. The van der Waals surface area contributed by atoms with Crippen LogP contribution in [0.1, 0.15) is 31.2 Å². The number of carbonyl (C=O) groups excluding carboxylic acids is 2. The van der Waals surface area contributed by atoms with Crippen molar-refractivity contribution in [1.82, 2.24) is 9.80 Å². The average molecular weight is 372 g/mol. The van der Waals surface area contributed by atoms with E-state index in [0.717, 1.165) is 36.6 Å². The van der Waals surface area contributed by atoms with E-state index >= 15 is 0 Å². The number of rotatable bonds is 5. The van der Waals surface area contributed by atoms with E-state index in [2.05, 4.69) is 22.2 Å². The van der Waals surface area contributed by atoms with Crippen molar-refractivity contribution in [2.45, 2.75) is 13.8 Å². The van der Waals surface area contributed by atoms with Gasteiger partial charge in [0, 0.05) is 47.7 Å². The first-order valence-corrected chi connectivity index (χ1v) is 9.72. The summed E-state index contributed by atoms with van der Waals surface area (Å²) >= 11 is 1.57. The van der Waals surface area contributed by atoms with Gasteiger partial charge >= 0.3 is 0 Å². The summed E-state index contributed by atoms with van der Waals surface area (Å²) < 4.78 is 0. The molecular weight excluding hydrogens is 346 g/mol. The maximum atomic E-state index is 12.6. The third-order valence-electron chi connectivity index (χ3n) is 4.94. The number of aryl methyl sites for hydroxylation is 1. The highest BCUT2D eigenvalue weighted by molar-refractivity contribution is 7.10. The van der Waals surface area contributed by atoms with Gasteiger partial charge in [-0.2, -0.15) is 0 Å². The van der Waals surface area contributed by atoms with E-state index in [9.17, 15) is 9.59 Å². The summed E-state index contributed by atoms with van der Waals surface area (Å²) in [4.78, 5) is 30.7. The van der Waals surface area contributed by atoms with Crippen molar-refractivity contribution in [2.24, 2.45) is 0 Å². The zero-order valence-corrected chi connectivity index (χ0v) is 16.4. The van der Waals surface area contributed by atoms with Gasteiger partial charge in [0.25, 0.3) is 5.91 Å². The number of benzene rings is 1. The lowest BCUT2D eigenvalue weighted by Crippen LogP contribution is -2.46. The van der Waals surface area contributed by atoms with Crippen LogP contribution in [0.25, 0.3) is 0 Å². The summed E-state index contributed by atoms with van der Waals surface area (Å²) in [5, 5.41) is 4.79. The summed E-state index contributed by atoms with van der Waals surface area (Å²) in [6, 6.07) is 7.22. The molecule has 26 heavy (non-hydrogen) atoms. The number of anilines is 1. The molecule has 0 bridgehead atoms. The van der Waals surface area contributed by atoms with Gasteiger partial charge in [0.2, 0.25) is 0 Å². The van der Waals surface area contributed by atoms with Crippen molar-refractivity contribution >= 4 is 28.7 Å². The minimum Gasteiger partial charge on any atom is -0.322 e. The molecule has 1 amide bonds. The molecule has 6 heteroatoms. The number of hydrogen-bond acceptors (Lipinski definition) is 5. The third kappa shape index (κ3) is 4.38. The van der Waals surface area contributed by atoms with Gasteiger partial charge in [-0.05, 0) is 38.6 Å². The molecule has 1 aromatic heterocycles. The summed E-state index contributed by atoms with van der Waals surface area (Å²) in [7, 11) is 2.10. The van der Waals surface area contributed by atoms with E-state index < -0.39 is 0 Å². The smallest absolute Gasteiger partial charge is 0.256 e. The molecule has 1 saturated heterocycles. The molecular formula is C20H25N3O2S. The Morgan fingerprint density at radius 1 is 1.15 bits per heavy atom. The number of carbonyl (C=O) groups is 2. The standard InChI is InChI=1S/C20H25N3O2S/c1-14-15(2)26-13-18(14)20(25)21-17-6-4-5-16(11-17)19(24)12-23-9-7-22(3)8-10-23/h4-6,11,13H,7-10,12H2,1-3H3,(H,21,25). The third-order valence-corrected chi connectivity index (χ3v) is 5.95. The first kappa shape index (κ1) is 18.8. The van der Waals surface area contributed by atoms with Crippen LogP contribution in [0.4, 0.5) is 5.69 Å². The van der Waals surface area contributed by atoms with Crippen molar-refractivity contribution in [2.75, 3.05) is 45.1 Å². The maximum absolute atomic E-state index is 12.6. The molecule has 0 unspecified atom stereocenters. The fourth-order valence-electron chi connectivity index (χ4n) is 3.01. The molecule has 1 aliphatic rings. The molecule has 1 aromatic carbocycles. The van der Waals surface area contributed by atoms with Gasteiger partial charge in [0.1, 0.15) is 0 Å². The summed E-state index contributed by atoms with van der Waals surface area (Å²) in [5.74, 6) is -0.0382. The van der Waals surface area contributed by atoms with Crippen molar-refractivity contribution in [3.63, 3.8) is 0 Å². The van der Waals surface area contributed by atoms with Gasteiger partial charge in [0.15, 0.2) is 5.78 Å². The van der Waals surface area contributed by atoms with E-state index in [4.69, 9.17) is 0 Å². The summed E-state index contributed by atoms with van der Waals surface area (Å²) in [6.07, 6.45) is 0. The number of piperazine rings is 1. The number of amides is 1. The van der Waals surface area contributed by atoms with E-state index in [1.807, 2.05) is 37.4 Å². The fourth-order valence-corrected chi connectivity index (χ4v) is 3.87.